The van der Waals surface area contributed by atoms with Gasteiger partial charge in [0.15, 0.2) is 0 Å². The van der Waals surface area contributed by atoms with E-state index in [2.05, 4.69) is 15.9 Å². The first-order chi connectivity index (χ1) is 9.26. The third-order valence-electron chi connectivity index (χ3n) is 3.40. The maximum atomic E-state index is 6.10. The number of hydrogen-bond acceptors (Lipinski definition) is 4. The lowest BCUT2D eigenvalue weighted by Gasteiger charge is -2.37. The van der Waals surface area contributed by atoms with Crippen LogP contribution in [-0.2, 0) is 14.2 Å². The quantitative estimate of drug-likeness (QED) is 0.853. The summed E-state index contributed by atoms with van der Waals surface area (Å²) in [5.41, 5.74) is -0.244. The maximum Gasteiger partial charge on any atom is 0.119 e. The van der Waals surface area contributed by atoms with Crippen molar-refractivity contribution in [2.45, 2.75) is 18.1 Å². The molecule has 19 heavy (non-hydrogen) atoms. The van der Waals surface area contributed by atoms with Crippen LogP contribution in [0.2, 0.25) is 0 Å². The lowest BCUT2D eigenvalue weighted by molar-refractivity contribution is -0.203. The van der Waals surface area contributed by atoms with Crippen LogP contribution in [0.1, 0.15) is 6.42 Å². The van der Waals surface area contributed by atoms with Crippen molar-refractivity contribution in [2.24, 2.45) is 0 Å². The third kappa shape index (κ3) is 3.28. The Bertz CT molecular complexity index is 414. The SMILES string of the molecule is Brc1ccc(OC[C@@H]2COCC3(CCOC3)O2)cc1. The van der Waals surface area contributed by atoms with E-state index in [0.29, 0.717) is 26.4 Å². The fourth-order valence-corrected chi connectivity index (χ4v) is 2.66. The van der Waals surface area contributed by atoms with Crippen LogP contribution in [0.4, 0.5) is 0 Å². The van der Waals surface area contributed by atoms with Gasteiger partial charge in [-0.2, -0.15) is 0 Å². The molecule has 4 nitrogen and oxygen atoms in total. The summed E-state index contributed by atoms with van der Waals surface area (Å²) in [5, 5.41) is 0. The summed E-state index contributed by atoms with van der Waals surface area (Å²) < 4.78 is 23.9. The van der Waals surface area contributed by atoms with Crippen molar-refractivity contribution in [1.82, 2.24) is 0 Å². The highest BCUT2D eigenvalue weighted by atomic mass is 79.9. The lowest BCUT2D eigenvalue weighted by atomic mass is 10.0. The van der Waals surface area contributed by atoms with E-state index < -0.39 is 0 Å². The third-order valence-corrected chi connectivity index (χ3v) is 3.93. The van der Waals surface area contributed by atoms with E-state index in [0.717, 1.165) is 23.2 Å². The molecule has 1 aromatic rings. The van der Waals surface area contributed by atoms with E-state index in [1.165, 1.54) is 0 Å². The van der Waals surface area contributed by atoms with Crippen LogP contribution in [0, 0.1) is 0 Å². The molecule has 1 aromatic carbocycles. The average Bonchev–Trinajstić information content (AvgIpc) is 2.86. The molecule has 0 amide bonds. The van der Waals surface area contributed by atoms with Gasteiger partial charge in [-0.3, -0.25) is 0 Å². The monoisotopic (exact) mass is 328 g/mol. The molecule has 2 aliphatic heterocycles. The van der Waals surface area contributed by atoms with Crippen molar-refractivity contribution in [3.05, 3.63) is 28.7 Å². The summed E-state index contributed by atoms with van der Waals surface area (Å²) >= 11 is 3.40. The number of rotatable bonds is 3. The fraction of sp³-hybridized carbons (Fsp3) is 0.571. The molecule has 1 spiro atoms. The molecule has 3 rings (SSSR count). The summed E-state index contributed by atoms with van der Waals surface area (Å²) in [6.07, 6.45) is 0.876. The van der Waals surface area contributed by atoms with E-state index in [1.54, 1.807) is 0 Å². The predicted octanol–water partition coefficient (Wildman–Crippen LogP) is 2.40. The fourth-order valence-electron chi connectivity index (χ4n) is 2.40. The number of benzene rings is 1. The Morgan fingerprint density at radius 2 is 2.00 bits per heavy atom. The Kier molecular flexibility index (Phi) is 4.07. The van der Waals surface area contributed by atoms with Crippen molar-refractivity contribution in [2.75, 3.05) is 33.0 Å². The van der Waals surface area contributed by atoms with Crippen LogP contribution < -0.4 is 4.74 Å². The smallest absolute Gasteiger partial charge is 0.119 e. The van der Waals surface area contributed by atoms with E-state index in [9.17, 15) is 0 Å². The van der Waals surface area contributed by atoms with Crippen LogP contribution in [0.15, 0.2) is 28.7 Å². The van der Waals surface area contributed by atoms with Crippen molar-refractivity contribution >= 4 is 15.9 Å². The van der Waals surface area contributed by atoms with E-state index >= 15 is 0 Å². The maximum absolute atomic E-state index is 6.10. The molecule has 0 aliphatic carbocycles. The summed E-state index contributed by atoms with van der Waals surface area (Å²) in [7, 11) is 0. The molecule has 2 atom stereocenters. The minimum absolute atomic E-state index is 0.0286. The molecule has 104 valence electrons. The molecule has 2 fully saturated rings. The first-order valence-corrected chi connectivity index (χ1v) is 7.27. The van der Waals surface area contributed by atoms with Gasteiger partial charge in [0.2, 0.25) is 0 Å². The van der Waals surface area contributed by atoms with E-state index in [1.807, 2.05) is 24.3 Å². The second-order valence-corrected chi connectivity index (χ2v) is 5.92. The molecule has 1 unspecified atom stereocenters. The van der Waals surface area contributed by atoms with Gasteiger partial charge in [-0.05, 0) is 24.3 Å². The van der Waals surface area contributed by atoms with Crippen LogP contribution in [0.25, 0.3) is 0 Å². The Labute approximate surface area is 121 Å². The molecule has 0 aromatic heterocycles. The van der Waals surface area contributed by atoms with Crippen molar-refractivity contribution in [3.63, 3.8) is 0 Å². The van der Waals surface area contributed by atoms with Gasteiger partial charge in [-0.1, -0.05) is 15.9 Å². The van der Waals surface area contributed by atoms with Crippen molar-refractivity contribution < 1.29 is 18.9 Å². The van der Waals surface area contributed by atoms with Gasteiger partial charge >= 0.3 is 0 Å². The lowest BCUT2D eigenvalue weighted by Crippen LogP contribution is -2.49. The zero-order chi connectivity index (χ0) is 13.1. The first kappa shape index (κ1) is 13.4. The summed E-state index contributed by atoms with van der Waals surface area (Å²) in [6.45, 7) is 3.09. The molecular weight excluding hydrogens is 312 g/mol. The Hall–Kier alpha value is -0.620. The second-order valence-electron chi connectivity index (χ2n) is 5.01. The molecule has 2 heterocycles. The van der Waals surface area contributed by atoms with Gasteiger partial charge in [0.1, 0.15) is 24.1 Å². The van der Waals surface area contributed by atoms with Crippen LogP contribution in [0.3, 0.4) is 0 Å². The highest BCUT2D eigenvalue weighted by Gasteiger charge is 2.41. The molecule has 2 aliphatic rings. The highest BCUT2D eigenvalue weighted by molar-refractivity contribution is 9.10. The topological polar surface area (TPSA) is 36.9 Å². The molecule has 0 N–H and O–H groups in total. The molecule has 0 saturated carbocycles. The summed E-state index contributed by atoms with van der Waals surface area (Å²) in [6, 6.07) is 7.78. The average molecular weight is 329 g/mol. The van der Waals surface area contributed by atoms with Gasteiger partial charge in [0, 0.05) is 17.5 Å². The first-order valence-electron chi connectivity index (χ1n) is 6.47. The number of hydrogen-bond donors (Lipinski definition) is 0. The predicted molar refractivity (Wildman–Crippen MR) is 73.5 cm³/mol. The Balaban J connectivity index is 1.53. The van der Waals surface area contributed by atoms with Gasteiger partial charge < -0.3 is 18.9 Å². The molecule has 0 bridgehead atoms. The highest BCUT2D eigenvalue weighted by Crippen LogP contribution is 2.29. The molecular formula is C14H17BrO4. The van der Waals surface area contributed by atoms with Crippen LogP contribution in [0.5, 0.6) is 5.75 Å². The zero-order valence-corrected chi connectivity index (χ0v) is 12.2. The van der Waals surface area contributed by atoms with Gasteiger partial charge in [0.25, 0.3) is 0 Å². The largest absolute Gasteiger partial charge is 0.491 e. The molecule has 2 saturated heterocycles. The Morgan fingerprint density at radius 1 is 1.21 bits per heavy atom. The van der Waals surface area contributed by atoms with Gasteiger partial charge in [-0.15, -0.1) is 0 Å². The van der Waals surface area contributed by atoms with Crippen LogP contribution >= 0.6 is 15.9 Å². The number of ether oxygens (including phenoxy) is 4. The van der Waals surface area contributed by atoms with Gasteiger partial charge in [-0.25, -0.2) is 0 Å². The minimum Gasteiger partial charge on any atom is -0.491 e. The normalized spacial score (nSPS) is 30.7. The molecule has 5 heteroatoms. The van der Waals surface area contributed by atoms with Crippen molar-refractivity contribution in [1.29, 1.82) is 0 Å². The number of halogens is 1. The summed E-state index contributed by atoms with van der Waals surface area (Å²) in [4.78, 5) is 0. The van der Waals surface area contributed by atoms with Crippen molar-refractivity contribution in [3.8, 4) is 5.75 Å². The zero-order valence-electron chi connectivity index (χ0n) is 10.6. The summed E-state index contributed by atoms with van der Waals surface area (Å²) in [5.74, 6) is 0.842. The Morgan fingerprint density at radius 3 is 2.74 bits per heavy atom. The minimum atomic E-state index is -0.244. The van der Waals surface area contributed by atoms with Gasteiger partial charge in [0.05, 0.1) is 19.8 Å². The van der Waals surface area contributed by atoms with E-state index in [-0.39, 0.29) is 11.7 Å². The molecule has 0 radical (unpaired) electrons. The van der Waals surface area contributed by atoms with Crippen LogP contribution in [-0.4, -0.2) is 44.7 Å². The van der Waals surface area contributed by atoms with E-state index in [4.69, 9.17) is 18.9 Å². The second kappa shape index (κ2) is 5.79. The standard InChI is InChI=1S/C14H17BrO4/c15-11-1-3-12(4-2-11)18-8-13-7-17-10-14(19-13)5-6-16-9-14/h1-4,13H,5-10H2/t13-,14?/m0/s1.